The zero-order chi connectivity index (χ0) is 30.5. The lowest BCUT2D eigenvalue weighted by molar-refractivity contribution is 0.672. The van der Waals surface area contributed by atoms with Gasteiger partial charge in [0.2, 0.25) is 0 Å². The van der Waals surface area contributed by atoms with Crippen molar-refractivity contribution < 1.29 is 4.42 Å². The average Bonchev–Trinajstić information content (AvgIpc) is 3.52. The molecule has 2 nitrogen and oxygen atoms in total. The molecule has 2 heteroatoms. The number of anilines is 3. The summed E-state index contributed by atoms with van der Waals surface area (Å²) >= 11 is 0. The molecule has 0 unspecified atom stereocenters. The first kappa shape index (κ1) is 26.3. The van der Waals surface area contributed by atoms with Gasteiger partial charge in [0.15, 0.2) is 0 Å². The molecular weight excluding hydrogens is 558 g/mol. The molecule has 0 fully saturated rings. The van der Waals surface area contributed by atoms with Crippen LogP contribution in [0.2, 0.25) is 0 Å². The minimum Gasteiger partial charge on any atom is -0.455 e. The van der Waals surface area contributed by atoms with Gasteiger partial charge in [0.25, 0.3) is 0 Å². The van der Waals surface area contributed by atoms with Gasteiger partial charge in [0.05, 0.1) is 11.1 Å². The van der Waals surface area contributed by atoms with Crippen molar-refractivity contribution >= 4 is 60.5 Å². The summed E-state index contributed by atoms with van der Waals surface area (Å²) < 4.78 is 6.76. The smallest absolute Gasteiger partial charge is 0.143 e. The highest BCUT2D eigenvalue weighted by atomic mass is 16.3. The number of rotatable bonds is 5. The predicted octanol–water partition coefficient (Wildman–Crippen LogP) is 12.7. The summed E-state index contributed by atoms with van der Waals surface area (Å²) in [6.45, 7) is 0. The Kier molecular flexibility index (Phi) is 6.17. The number of furan rings is 1. The Morgan fingerprint density at radius 2 is 1.07 bits per heavy atom. The third kappa shape index (κ3) is 4.35. The van der Waals surface area contributed by atoms with Crippen LogP contribution in [0.25, 0.3) is 65.7 Å². The number of fused-ring (bicyclic) bond motifs is 6. The Hall–Kier alpha value is -6.12. The maximum absolute atomic E-state index is 6.76. The molecule has 0 amide bonds. The van der Waals surface area contributed by atoms with E-state index < -0.39 is 0 Å². The van der Waals surface area contributed by atoms with Gasteiger partial charge in [-0.2, -0.15) is 0 Å². The molecular formula is C44H29NO. The second kappa shape index (κ2) is 10.8. The van der Waals surface area contributed by atoms with Gasteiger partial charge >= 0.3 is 0 Å². The lowest BCUT2D eigenvalue weighted by Crippen LogP contribution is -2.10. The summed E-state index contributed by atoms with van der Waals surface area (Å²) in [4.78, 5) is 2.36. The number of benzene rings is 8. The standard InChI is InChI=1S/C44H29NO/c1-3-13-30(14-4-1)33-17-11-20-36(28-33)45(35-18-5-2-6-19-35)41-23-12-24-42-43(41)40-29-39(37-21-9-10-22-38(37)44(40)46-42)34-26-25-31-15-7-8-16-32(31)27-34/h1-29H. The maximum Gasteiger partial charge on any atom is 0.143 e. The molecule has 0 radical (unpaired) electrons. The molecule has 0 aliphatic rings. The molecule has 1 aromatic heterocycles. The zero-order valence-corrected chi connectivity index (χ0v) is 25.1. The van der Waals surface area contributed by atoms with Crippen LogP contribution in [-0.2, 0) is 0 Å². The van der Waals surface area contributed by atoms with Gasteiger partial charge in [-0.25, -0.2) is 0 Å². The predicted molar refractivity (Wildman–Crippen MR) is 194 cm³/mol. The maximum atomic E-state index is 6.76. The van der Waals surface area contributed by atoms with E-state index in [1.54, 1.807) is 0 Å². The SMILES string of the molecule is c1ccc(-c2cccc(N(c3ccccc3)c3cccc4oc5c6ccccc6c(-c6ccc7ccccc7c6)cc5c34)c2)cc1. The Bertz CT molecular complexity index is 2530. The third-order valence-corrected chi connectivity index (χ3v) is 9.01. The largest absolute Gasteiger partial charge is 0.455 e. The van der Waals surface area contributed by atoms with Crippen molar-refractivity contribution in [2.75, 3.05) is 4.90 Å². The van der Waals surface area contributed by atoms with Crippen LogP contribution in [-0.4, -0.2) is 0 Å². The van der Waals surface area contributed by atoms with Gasteiger partial charge in [-0.3, -0.25) is 0 Å². The van der Waals surface area contributed by atoms with Gasteiger partial charge in [0, 0.05) is 22.1 Å². The zero-order valence-electron chi connectivity index (χ0n) is 25.1. The summed E-state index contributed by atoms with van der Waals surface area (Å²) in [5, 5.41) is 6.97. The molecule has 0 atom stereocenters. The molecule has 0 aliphatic carbocycles. The monoisotopic (exact) mass is 587 g/mol. The van der Waals surface area contributed by atoms with Crippen molar-refractivity contribution in [2.24, 2.45) is 0 Å². The van der Waals surface area contributed by atoms with Crippen LogP contribution >= 0.6 is 0 Å². The molecule has 216 valence electrons. The van der Waals surface area contributed by atoms with Crippen molar-refractivity contribution in [3.63, 3.8) is 0 Å². The van der Waals surface area contributed by atoms with Crippen LogP contribution in [0.4, 0.5) is 17.1 Å². The fourth-order valence-corrected chi connectivity index (χ4v) is 6.87. The second-order valence-corrected chi connectivity index (χ2v) is 11.7. The lowest BCUT2D eigenvalue weighted by Gasteiger charge is -2.26. The Balaban J connectivity index is 1.33. The van der Waals surface area contributed by atoms with E-state index in [-0.39, 0.29) is 0 Å². The van der Waals surface area contributed by atoms with Gasteiger partial charge in [0.1, 0.15) is 11.2 Å². The molecule has 0 spiro atoms. The van der Waals surface area contributed by atoms with E-state index in [1.807, 2.05) is 0 Å². The first-order chi connectivity index (χ1) is 22.8. The number of hydrogen-bond acceptors (Lipinski definition) is 2. The number of para-hydroxylation sites is 1. The Labute approximate surface area is 267 Å². The highest BCUT2D eigenvalue weighted by Crippen LogP contribution is 2.46. The normalized spacial score (nSPS) is 11.5. The molecule has 9 aromatic rings. The van der Waals surface area contributed by atoms with E-state index in [1.165, 1.54) is 38.4 Å². The minimum absolute atomic E-state index is 0.869. The number of nitrogens with zero attached hydrogens (tertiary/aromatic N) is 1. The van der Waals surface area contributed by atoms with Gasteiger partial charge in [-0.15, -0.1) is 0 Å². The molecule has 8 aromatic carbocycles. The summed E-state index contributed by atoms with van der Waals surface area (Å²) in [7, 11) is 0. The average molecular weight is 588 g/mol. The van der Waals surface area contributed by atoms with E-state index in [0.29, 0.717) is 0 Å². The van der Waals surface area contributed by atoms with Gasteiger partial charge in [-0.1, -0.05) is 127 Å². The van der Waals surface area contributed by atoms with Crippen molar-refractivity contribution in [2.45, 2.75) is 0 Å². The van der Waals surface area contributed by atoms with Crippen LogP contribution < -0.4 is 4.90 Å². The van der Waals surface area contributed by atoms with Gasteiger partial charge < -0.3 is 9.32 Å². The van der Waals surface area contributed by atoms with Crippen LogP contribution in [0.15, 0.2) is 180 Å². The summed E-state index contributed by atoms with van der Waals surface area (Å²) in [5.74, 6) is 0. The van der Waals surface area contributed by atoms with E-state index in [4.69, 9.17) is 4.42 Å². The fraction of sp³-hybridized carbons (Fsp3) is 0. The summed E-state index contributed by atoms with van der Waals surface area (Å²) in [5.41, 5.74) is 9.79. The van der Waals surface area contributed by atoms with Crippen molar-refractivity contribution in [3.05, 3.63) is 176 Å². The molecule has 9 rings (SSSR count). The van der Waals surface area contributed by atoms with Crippen molar-refractivity contribution in [3.8, 4) is 22.3 Å². The lowest BCUT2D eigenvalue weighted by atomic mass is 9.93. The fourth-order valence-electron chi connectivity index (χ4n) is 6.87. The Morgan fingerprint density at radius 3 is 1.91 bits per heavy atom. The molecule has 0 N–H and O–H groups in total. The van der Waals surface area contributed by atoms with Crippen LogP contribution in [0.1, 0.15) is 0 Å². The van der Waals surface area contributed by atoms with Crippen molar-refractivity contribution in [1.82, 2.24) is 0 Å². The Morgan fingerprint density at radius 1 is 0.391 bits per heavy atom. The second-order valence-electron chi connectivity index (χ2n) is 11.7. The first-order valence-corrected chi connectivity index (χ1v) is 15.7. The number of hydrogen-bond donors (Lipinski definition) is 0. The summed E-state index contributed by atoms with van der Waals surface area (Å²) in [6, 6.07) is 62.6. The van der Waals surface area contributed by atoms with E-state index >= 15 is 0 Å². The van der Waals surface area contributed by atoms with Gasteiger partial charge in [-0.05, 0) is 86.9 Å². The topological polar surface area (TPSA) is 16.4 Å². The van der Waals surface area contributed by atoms with E-state index in [9.17, 15) is 0 Å². The molecule has 0 saturated heterocycles. The molecule has 46 heavy (non-hydrogen) atoms. The molecule has 0 saturated carbocycles. The molecule has 0 bridgehead atoms. The van der Waals surface area contributed by atoms with Crippen LogP contribution in [0, 0.1) is 0 Å². The highest BCUT2D eigenvalue weighted by Gasteiger charge is 2.22. The van der Waals surface area contributed by atoms with Crippen LogP contribution in [0.5, 0.6) is 0 Å². The third-order valence-electron chi connectivity index (χ3n) is 9.01. The minimum atomic E-state index is 0.869. The van der Waals surface area contributed by atoms with Crippen molar-refractivity contribution in [1.29, 1.82) is 0 Å². The highest BCUT2D eigenvalue weighted by molar-refractivity contribution is 6.22. The molecule has 0 aliphatic heterocycles. The van der Waals surface area contributed by atoms with E-state index in [2.05, 4.69) is 181 Å². The first-order valence-electron chi connectivity index (χ1n) is 15.7. The van der Waals surface area contributed by atoms with Crippen LogP contribution in [0.3, 0.4) is 0 Å². The quantitative estimate of drug-likeness (QED) is 0.199. The summed E-state index contributed by atoms with van der Waals surface area (Å²) in [6.07, 6.45) is 0. The molecule has 1 heterocycles. The van der Waals surface area contributed by atoms with E-state index in [0.717, 1.165) is 44.4 Å².